The summed E-state index contributed by atoms with van der Waals surface area (Å²) < 4.78 is 6.57. The monoisotopic (exact) mass is 417 g/mol. The Morgan fingerprint density at radius 3 is 2.35 bits per heavy atom. The number of hydrogen-bond donors (Lipinski definition) is 1. The maximum Gasteiger partial charge on any atom is 0.258 e. The second-order valence-electron chi connectivity index (χ2n) is 7.62. The molecule has 0 saturated heterocycles. The zero-order valence-corrected chi connectivity index (χ0v) is 17.8. The summed E-state index contributed by atoms with van der Waals surface area (Å²) in [5, 5.41) is 3.05. The van der Waals surface area contributed by atoms with Gasteiger partial charge >= 0.3 is 0 Å². The molecule has 140 valence electrons. The van der Waals surface area contributed by atoms with Crippen molar-refractivity contribution >= 4 is 21.8 Å². The van der Waals surface area contributed by atoms with Gasteiger partial charge in [-0.25, -0.2) is 0 Å². The smallest absolute Gasteiger partial charge is 0.258 e. The number of rotatable bonds is 6. The van der Waals surface area contributed by atoms with Crippen LogP contribution in [0.2, 0.25) is 0 Å². The van der Waals surface area contributed by atoms with Crippen LogP contribution in [0.4, 0.5) is 0 Å². The lowest BCUT2D eigenvalue weighted by molar-refractivity contribution is -0.123. The van der Waals surface area contributed by atoms with E-state index in [1.54, 1.807) is 0 Å². The highest BCUT2D eigenvalue weighted by Crippen LogP contribution is 2.31. The number of nitrogens with one attached hydrogen (secondary N) is 1. The number of carbonyl (C=O) groups excluding carboxylic acids is 1. The molecule has 1 amide bonds. The molecule has 1 atom stereocenters. The van der Waals surface area contributed by atoms with Crippen molar-refractivity contribution in [3.8, 4) is 5.75 Å². The van der Waals surface area contributed by atoms with Crippen molar-refractivity contribution in [3.63, 3.8) is 0 Å². The average Bonchev–Trinajstić information content (AvgIpc) is 2.58. The Labute approximate surface area is 165 Å². The molecule has 0 aromatic heterocycles. The van der Waals surface area contributed by atoms with Gasteiger partial charge in [0.1, 0.15) is 5.75 Å². The van der Waals surface area contributed by atoms with E-state index in [4.69, 9.17) is 4.74 Å². The molecule has 1 unspecified atom stereocenters. The highest BCUT2D eigenvalue weighted by Gasteiger charge is 2.17. The third-order valence-corrected chi connectivity index (χ3v) is 5.00. The number of ether oxygens (including phenoxy) is 1. The molecule has 0 aliphatic rings. The van der Waals surface area contributed by atoms with E-state index in [1.807, 2.05) is 18.2 Å². The zero-order chi connectivity index (χ0) is 19.3. The second-order valence-corrected chi connectivity index (χ2v) is 8.48. The third-order valence-electron chi connectivity index (χ3n) is 4.38. The van der Waals surface area contributed by atoms with Gasteiger partial charge in [-0.2, -0.15) is 0 Å². The summed E-state index contributed by atoms with van der Waals surface area (Å²) in [7, 11) is 0. The van der Waals surface area contributed by atoms with Crippen molar-refractivity contribution in [2.75, 3.05) is 6.61 Å². The molecule has 4 heteroatoms. The molecule has 0 bridgehead atoms. The van der Waals surface area contributed by atoms with Gasteiger partial charge < -0.3 is 10.1 Å². The maximum atomic E-state index is 12.3. The van der Waals surface area contributed by atoms with Crippen LogP contribution in [0.3, 0.4) is 0 Å². The van der Waals surface area contributed by atoms with Gasteiger partial charge in [0, 0.05) is 0 Å². The maximum absolute atomic E-state index is 12.3. The minimum Gasteiger partial charge on any atom is -0.483 e. The molecular formula is C22H28BrNO2. The van der Waals surface area contributed by atoms with Crippen molar-refractivity contribution in [1.82, 2.24) is 5.32 Å². The van der Waals surface area contributed by atoms with Crippen LogP contribution in [0.15, 0.2) is 46.9 Å². The van der Waals surface area contributed by atoms with Crippen molar-refractivity contribution in [2.45, 2.75) is 52.5 Å². The second kappa shape index (κ2) is 8.72. The molecule has 2 aromatic carbocycles. The van der Waals surface area contributed by atoms with Gasteiger partial charge in [-0.3, -0.25) is 4.79 Å². The predicted molar refractivity (Wildman–Crippen MR) is 111 cm³/mol. The van der Waals surface area contributed by atoms with Crippen molar-refractivity contribution in [2.24, 2.45) is 0 Å². The lowest BCUT2D eigenvalue weighted by atomic mass is 9.87. The first kappa shape index (κ1) is 20.5. The van der Waals surface area contributed by atoms with Crippen LogP contribution >= 0.6 is 15.9 Å². The molecule has 0 heterocycles. The van der Waals surface area contributed by atoms with Gasteiger partial charge in [0.2, 0.25) is 0 Å². The quantitative estimate of drug-likeness (QED) is 0.654. The fourth-order valence-corrected chi connectivity index (χ4v) is 3.18. The van der Waals surface area contributed by atoms with Crippen LogP contribution in [0.1, 0.15) is 56.8 Å². The first-order chi connectivity index (χ1) is 12.2. The van der Waals surface area contributed by atoms with Crippen molar-refractivity contribution in [3.05, 3.63) is 63.6 Å². The molecule has 1 N–H and O–H groups in total. The van der Waals surface area contributed by atoms with Gasteiger partial charge in [0.25, 0.3) is 5.91 Å². The Hall–Kier alpha value is -1.81. The van der Waals surface area contributed by atoms with Crippen LogP contribution in [0.5, 0.6) is 5.75 Å². The molecule has 0 aliphatic carbocycles. The summed E-state index contributed by atoms with van der Waals surface area (Å²) in [5.74, 6) is 0.556. The average molecular weight is 418 g/mol. The minimum atomic E-state index is -0.121. The number of amides is 1. The summed E-state index contributed by atoms with van der Waals surface area (Å²) in [6.45, 7) is 10.6. The SMILES string of the molecule is CCC(NC(=O)COc1ccc(C(C)(C)C)cc1Br)c1ccc(C)cc1. The molecular weight excluding hydrogens is 390 g/mol. The van der Waals surface area contributed by atoms with E-state index >= 15 is 0 Å². The normalized spacial score (nSPS) is 12.5. The topological polar surface area (TPSA) is 38.3 Å². The third kappa shape index (κ3) is 5.60. The van der Waals surface area contributed by atoms with E-state index in [-0.39, 0.29) is 24.0 Å². The summed E-state index contributed by atoms with van der Waals surface area (Å²) >= 11 is 3.54. The van der Waals surface area contributed by atoms with Gasteiger partial charge in [0.15, 0.2) is 6.61 Å². The first-order valence-corrected chi connectivity index (χ1v) is 9.78. The fraction of sp³-hybridized carbons (Fsp3) is 0.409. The number of benzene rings is 2. The first-order valence-electron chi connectivity index (χ1n) is 8.99. The van der Waals surface area contributed by atoms with Gasteiger partial charge in [-0.1, -0.05) is 63.6 Å². The molecule has 0 saturated carbocycles. The Balaban J connectivity index is 1.96. The lowest BCUT2D eigenvalue weighted by Crippen LogP contribution is -2.32. The van der Waals surface area contributed by atoms with Crippen LogP contribution in [-0.4, -0.2) is 12.5 Å². The summed E-state index contributed by atoms with van der Waals surface area (Å²) in [6, 6.07) is 14.3. The molecule has 0 spiro atoms. The van der Waals surface area contributed by atoms with Gasteiger partial charge in [-0.15, -0.1) is 0 Å². The highest BCUT2D eigenvalue weighted by atomic mass is 79.9. The highest BCUT2D eigenvalue weighted by molar-refractivity contribution is 9.10. The van der Waals surface area contributed by atoms with E-state index < -0.39 is 0 Å². The predicted octanol–water partition coefficient (Wildman–Crippen LogP) is 5.70. The molecule has 2 aromatic rings. The van der Waals surface area contributed by atoms with E-state index in [9.17, 15) is 4.79 Å². The van der Waals surface area contributed by atoms with Crippen molar-refractivity contribution < 1.29 is 9.53 Å². The Bertz CT molecular complexity index is 748. The Kier molecular flexibility index (Phi) is 6.87. The summed E-state index contributed by atoms with van der Waals surface area (Å²) in [6.07, 6.45) is 0.832. The van der Waals surface area contributed by atoms with E-state index in [0.717, 1.165) is 16.5 Å². The summed E-state index contributed by atoms with van der Waals surface area (Å²) in [4.78, 5) is 12.3. The Morgan fingerprint density at radius 1 is 1.15 bits per heavy atom. The van der Waals surface area contributed by atoms with Gasteiger partial charge in [-0.05, 0) is 57.9 Å². The molecule has 26 heavy (non-hydrogen) atoms. The molecule has 2 rings (SSSR count). The van der Waals surface area contributed by atoms with E-state index in [1.165, 1.54) is 11.1 Å². The van der Waals surface area contributed by atoms with Crippen LogP contribution in [0, 0.1) is 6.92 Å². The lowest BCUT2D eigenvalue weighted by Gasteiger charge is -2.20. The minimum absolute atomic E-state index is 0.00147. The van der Waals surface area contributed by atoms with E-state index in [0.29, 0.717) is 5.75 Å². The van der Waals surface area contributed by atoms with Gasteiger partial charge in [0.05, 0.1) is 10.5 Å². The Morgan fingerprint density at radius 2 is 1.81 bits per heavy atom. The number of carbonyl (C=O) groups is 1. The van der Waals surface area contributed by atoms with Crippen LogP contribution in [0.25, 0.3) is 0 Å². The number of hydrogen-bond acceptors (Lipinski definition) is 2. The molecule has 0 fully saturated rings. The molecule has 0 radical (unpaired) electrons. The largest absolute Gasteiger partial charge is 0.483 e. The number of halogens is 1. The van der Waals surface area contributed by atoms with Crippen LogP contribution < -0.4 is 10.1 Å². The number of aryl methyl sites for hydroxylation is 1. The molecule has 3 nitrogen and oxygen atoms in total. The molecule has 0 aliphatic heterocycles. The summed E-state index contributed by atoms with van der Waals surface area (Å²) in [5.41, 5.74) is 3.61. The van der Waals surface area contributed by atoms with Crippen LogP contribution in [-0.2, 0) is 10.2 Å². The van der Waals surface area contributed by atoms with E-state index in [2.05, 4.69) is 80.1 Å². The van der Waals surface area contributed by atoms with Crippen molar-refractivity contribution in [1.29, 1.82) is 0 Å². The standard InChI is InChI=1S/C22H28BrNO2/c1-6-19(16-9-7-15(2)8-10-16)24-21(25)14-26-20-12-11-17(13-18(20)23)22(3,4)5/h7-13,19H,6,14H2,1-5H3,(H,24,25). The zero-order valence-electron chi connectivity index (χ0n) is 16.2. The fourth-order valence-electron chi connectivity index (χ4n) is 2.68.